The molecule has 0 bridgehead atoms. The number of halogens is 3. The summed E-state index contributed by atoms with van der Waals surface area (Å²) in [4.78, 5) is 36.8. The number of hydrogen-bond acceptors (Lipinski definition) is 6. The van der Waals surface area contributed by atoms with Crippen molar-refractivity contribution < 1.29 is 41.7 Å². The van der Waals surface area contributed by atoms with Crippen LogP contribution in [0.5, 0.6) is 0 Å². The molecule has 1 fully saturated rings. The number of alkyl halides is 3. The predicted molar refractivity (Wildman–Crippen MR) is 100 cm³/mol. The fourth-order valence-corrected chi connectivity index (χ4v) is 5.08. The second-order valence-corrected chi connectivity index (χ2v) is 14.2. The van der Waals surface area contributed by atoms with Crippen LogP contribution < -0.4 is 0 Å². The summed E-state index contributed by atoms with van der Waals surface area (Å²) >= 11 is 0. The monoisotopic (exact) mass is 438 g/mol. The van der Waals surface area contributed by atoms with Crippen LogP contribution in [0.15, 0.2) is 11.6 Å². The molecule has 2 aliphatic rings. The number of ketones is 2. The van der Waals surface area contributed by atoms with E-state index in [0.717, 1.165) is 13.0 Å². The summed E-state index contributed by atoms with van der Waals surface area (Å²) in [6.07, 6.45) is -6.11. The quantitative estimate of drug-likeness (QED) is 0.376. The van der Waals surface area contributed by atoms with E-state index in [1.54, 1.807) is 19.6 Å². The highest BCUT2D eigenvalue weighted by atomic mass is 28.4. The molecule has 0 N–H and O–H groups in total. The van der Waals surface area contributed by atoms with Gasteiger partial charge in [0, 0.05) is 7.11 Å². The minimum absolute atomic E-state index is 0.184. The molecule has 1 saturated carbocycles. The van der Waals surface area contributed by atoms with Crippen LogP contribution >= 0.6 is 0 Å². The molecule has 1 aliphatic carbocycles. The van der Waals surface area contributed by atoms with Gasteiger partial charge in [-0.3, -0.25) is 9.59 Å². The normalized spacial score (nSPS) is 33.2. The van der Waals surface area contributed by atoms with Crippen molar-refractivity contribution in [3.8, 4) is 0 Å². The van der Waals surface area contributed by atoms with E-state index in [4.69, 9.17) is 18.9 Å². The Bertz CT molecular complexity index is 752. The van der Waals surface area contributed by atoms with Crippen molar-refractivity contribution in [2.75, 3.05) is 7.11 Å². The Balaban J connectivity index is 2.73. The third-order valence-electron chi connectivity index (χ3n) is 5.47. The van der Waals surface area contributed by atoms with Gasteiger partial charge in [0.2, 0.25) is 5.79 Å². The van der Waals surface area contributed by atoms with Crippen LogP contribution in [-0.2, 0) is 28.5 Å². The number of ether oxygens (including phenoxy) is 1. The number of fused-ring (bicyclic) bond motifs is 1. The van der Waals surface area contributed by atoms with Gasteiger partial charge >= 0.3 is 6.18 Å². The number of Topliss-reactive ketones (excluding diaryl/α,β-unsaturated/α-hetero) is 2. The van der Waals surface area contributed by atoms with Crippen LogP contribution in [0.3, 0.4) is 0 Å². The maximum atomic E-state index is 13.9. The second kappa shape index (κ2) is 6.71. The molecule has 0 aromatic carbocycles. The van der Waals surface area contributed by atoms with Gasteiger partial charge in [-0.25, -0.2) is 4.89 Å². The van der Waals surface area contributed by atoms with Crippen LogP contribution in [-0.4, -0.2) is 50.7 Å². The van der Waals surface area contributed by atoms with Crippen molar-refractivity contribution in [3.05, 3.63) is 11.6 Å². The van der Waals surface area contributed by atoms with Gasteiger partial charge in [-0.05, 0) is 60.3 Å². The molecule has 166 valence electrons. The Labute approximate surface area is 169 Å². The molecule has 1 aliphatic heterocycles. The van der Waals surface area contributed by atoms with E-state index in [-0.39, 0.29) is 5.57 Å². The van der Waals surface area contributed by atoms with E-state index in [9.17, 15) is 22.8 Å². The number of rotatable bonds is 4. The van der Waals surface area contributed by atoms with E-state index in [1.165, 1.54) is 34.8 Å². The third-order valence-corrected chi connectivity index (χ3v) is 6.41. The highest BCUT2D eigenvalue weighted by Gasteiger charge is 2.70. The maximum absolute atomic E-state index is 13.9. The Morgan fingerprint density at radius 3 is 1.97 bits per heavy atom. The summed E-state index contributed by atoms with van der Waals surface area (Å²) in [6, 6.07) is 0. The zero-order valence-electron chi connectivity index (χ0n) is 18.2. The van der Waals surface area contributed by atoms with Crippen LogP contribution in [0.25, 0.3) is 0 Å². The zero-order valence-corrected chi connectivity index (χ0v) is 19.2. The number of carbonyl (C=O) groups excluding carboxylic acids is 2. The summed E-state index contributed by atoms with van der Waals surface area (Å²) in [5.41, 5.74) is -5.21. The first-order chi connectivity index (χ1) is 12.8. The van der Waals surface area contributed by atoms with Gasteiger partial charge in [0.15, 0.2) is 31.6 Å². The lowest BCUT2D eigenvalue weighted by Crippen LogP contribution is -2.69. The molecule has 0 aromatic heterocycles. The zero-order chi connectivity index (χ0) is 22.8. The number of carbonyl (C=O) groups is 2. The van der Waals surface area contributed by atoms with Crippen molar-refractivity contribution in [1.82, 2.24) is 0 Å². The molecule has 6 nitrogen and oxygen atoms in total. The summed E-state index contributed by atoms with van der Waals surface area (Å²) in [5.74, 6) is -3.11. The van der Waals surface area contributed by atoms with Gasteiger partial charge in [0.1, 0.15) is 0 Å². The molecule has 10 heteroatoms. The summed E-state index contributed by atoms with van der Waals surface area (Å²) in [6.45, 7) is 11.9. The highest BCUT2D eigenvalue weighted by Crippen LogP contribution is 2.55. The van der Waals surface area contributed by atoms with Crippen molar-refractivity contribution in [2.24, 2.45) is 10.8 Å². The molecule has 29 heavy (non-hydrogen) atoms. The van der Waals surface area contributed by atoms with Gasteiger partial charge in [0.05, 0.1) is 16.4 Å². The molecule has 0 saturated heterocycles. The van der Waals surface area contributed by atoms with Crippen molar-refractivity contribution in [3.63, 3.8) is 0 Å². The van der Waals surface area contributed by atoms with Gasteiger partial charge in [-0.1, -0.05) is 0 Å². The predicted octanol–water partition coefficient (Wildman–Crippen LogP) is 3.96. The van der Waals surface area contributed by atoms with Gasteiger partial charge < -0.3 is 9.16 Å². The Morgan fingerprint density at radius 2 is 1.55 bits per heavy atom. The standard InChI is InChI=1S/C19H29F3O6Si/c1-15(2)12(23)11-10-17(5,14(19(20,21)22)26-29(7,8)9)27-28-18(11,25-6)16(3,4)13(15)24/h10,14H,1-9H3/t14-,17-,18+/m0/s1. The maximum Gasteiger partial charge on any atom is 0.416 e. The van der Waals surface area contributed by atoms with Crippen LogP contribution in [0.2, 0.25) is 19.6 Å². The minimum atomic E-state index is -4.79. The van der Waals surface area contributed by atoms with Crippen molar-refractivity contribution in [1.29, 1.82) is 0 Å². The Kier molecular flexibility index (Phi) is 5.60. The fraction of sp³-hybridized carbons (Fsp3) is 0.789. The van der Waals surface area contributed by atoms with E-state index >= 15 is 0 Å². The second-order valence-electron chi connectivity index (χ2n) is 9.79. The number of methoxy groups -OCH3 is 1. The van der Waals surface area contributed by atoms with Crippen molar-refractivity contribution in [2.45, 2.75) is 77.9 Å². The Morgan fingerprint density at radius 1 is 1.03 bits per heavy atom. The molecule has 0 aromatic rings. The molecular formula is C19H29F3O6Si. The molecular weight excluding hydrogens is 409 g/mol. The first-order valence-electron chi connectivity index (χ1n) is 9.26. The minimum Gasteiger partial charge on any atom is -0.404 e. The lowest BCUT2D eigenvalue weighted by molar-refractivity contribution is -0.482. The molecule has 0 radical (unpaired) electrons. The van der Waals surface area contributed by atoms with Crippen molar-refractivity contribution >= 4 is 19.9 Å². The number of hydrogen-bond donors (Lipinski definition) is 0. The van der Waals surface area contributed by atoms with E-state index in [2.05, 4.69) is 0 Å². The average molecular weight is 439 g/mol. The topological polar surface area (TPSA) is 71.1 Å². The lowest BCUT2D eigenvalue weighted by atomic mass is 9.57. The third kappa shape index (κ3) is 3.63. The summed E-state index contributed by atoms with van der Waals surface area (Å²) in [7, 11) is -1.46. The summed E-state index contributed by atoms with van der Waals surface area (Å²) in [5, 5.41) is 0. The molecule has 1 heterocycles. The summed E-state index contributed by atoms with van der Waals surface area (Å²) < 4.78 is 52.5. The van der Waals surface area contributed by atoms with Gasteiger partial charge in [-0.15, -0.1) is 0 Å². The van der Waals surface area contributed by atoms with Crippen LogP contribution in [0.4, 0.5) is 13.2 Å². The van der Waals surface area contributed by atoms with E-state index < -0.39 is 54.4 Å². The van der Waals surface area contributed by atoms with Crippen LogP contribution in [0, 0.1) is 10.8 Å². The highest BCUT2D eigenvalue weighted by molar-refractivity contribution is 6.69. The lowest BCUT2D eigenvalue weighted by Gasteiger charge is -2.54. The SMILES string of the molecule is CO[C@@]12OO[C@](C)([C@H](O[Si](C)(C)C)C(F)(F)F)C=C1C(=O)C(C)(C)C(=O)C2(C)C. The van der Waals surface area contributed by atoms with Crippen LogP contribution in [0.1, 0.15) is 34.6 Å². The molecule has 0 unspecified atom stereocenters. The Hall–Kier alpha value is -1.07. The first-order valence-corrected chi connectivity index (χ1v) is 12.7. The molecule has 2 rings (SSSR count). The smallest absolute Gasteiger partial charge is 0.404 e. The van der Waals surface area contributed by atoms with E-state index in [0.29, 0.717) is 0 Å². The first kappa shape index (κ1) is 24.2. The average Bonchev–Trinajstić information content (AvgIpc) is 2.55. The fourth-order valence-electron chi connectivity index (χ4n) is 4.01. The van der Waals surface area contributed by atoms with Gasteiger partial charge in [0.25, 0.3) is 0 Å². The largest absolute Gasteiger partial charge is 0.416 e. The molecule has 0 amide bonds. The van der Waals surface area contributed by atoms with Gasteiger partial charge in [-0.2, -0.15) is 18.1 Å². The molecule has 3 atom stereocenters. The molecule has 0 spiro atoms. The van der Waals surface area contributed by atoms with E-state index in [1.807, 2.05) is 0 Å².